The number of rotatable bonds is 6. The Morgan fingerprint density at radius 1 is 0.871 bits per heavy atom. The molecule has 0 aliphatic carbocycles. The van der Waals surface area contributed by atoms with Crippen molar-refractivity contribution in [2.24, 2.45) is 0 Å². The normalized spacial score (nSPS) is 15.8. The molecule has 0 unspecified atom stereocenters. The average Bonchev–Trinajstić information content (AvgIpc) is 2.79. The molecule has 0 saturated carbocycles. The summed E-state index contributed by atoms with van der Waals surface area (Å²) in [7, 11) is -3.48. The smallest absolute Gasteiger partial charge is 0.266 e. The maximum absolute atomic E-state index is 12.9. The van der Waals surface area contributed by atoms with Crippen LogP contribution in [0, 0.1) is 6.92 Å². The van der Waals surface area contributed by atoms with Gasteiger partial charge in [0.25, 0.3) is 5.56 Å². The molecule has 4 rings (SSSR count). The van der Waals surface area contributed by atoms with Gasteiger partial charge in [-0.2, -0.15) is 9.40 Å². The highest BCUT2D eigenvalue weighted by molar-refractivity contribution is 7.89. The molecule has 1 aliphatic rings. The van der Waals surface area contributed by atoms with Gasteiger partial charge in [0.05, 0.1) is 17.1 Å². The van der Waals surface area contributed by atoms with Crippen molar-refractivity contribution < 1.29 is 8.42 Å². The van der Waals surface area contributed by atoms with Crippen LogP contribution in [-0.4, -0.2) is 60.1 Å². The van der Waals surface area contributed by atoms with Crippen LogP contribution in [0.4, 0.5) is 0 Å². The van der Waals surface area contributed by atoms with Crippen LogP contribution < -0.4 is 5.56 Å². The van der Waals surface area contributed by atoms with Crippen LogP contribution in [0.25, 0.3) is 11.3 Å². The van der Waals surface area contributed by atoms with Crippen molar-refractivity contribution in [3.8, 4) is 11.3 Å². The van der Waals surface area contributed by atoms with E-state index >= 15 is 0 Å². The maximum Gasteiger partial charge on any atom is 0.266 e. The minimum Gasteiger partial charge on any atom is -0.299 e. The lowest BCUT2D eigenvalue weighted by atomic mass is 10.1. The first-order chi connectivity index (χ1) is 14.9. The summed E-state index contributed by atoms with van der Waals surface area (Å²) < 4.78 is 28.8. The summed E-state index contributed by atoms with van der Waals surface area (Å²) in [5, 5.41) is 4.50. The van der Waals surface area contributed by atoms with Crippen molar-refractivity contribution in [2.45, 2.75) is 18.4 Å². The van der Waals surface area contributed by atoms with E-state index in [-0.39, 0.29) is 5.56 Å². The van der Waals surface area contributed by atoms with Crippen molar-refractivity contribution >= 4 is 10.0 Å². The van der Waals surface area contributed by atoms with E-state index in [1.165, 1.54) is 4.68 Å². The van der Waals surface area contributed by atoms with Gasteiger partial charge in [-0.25, -0.2) is 13.1 Å². The molecule has 0 radical (unpaired) electrons. The number of hydrogen-bond donors (Lipinski definition) is 0. The van der Waals surface area contributed by atoms with Crippen molar-refractivity contribution in [2.75, 3.05) is 32.7 Å². The van der Waals surface area contributed by atoms with Crippen LogP contribution in [0.3, 0.4) is 0 Å². The Bertz CT molecular complexity index is 1200. The molecule has 1 saturated heterocycles. The summed E-state index contributed by atoms with van der Waals surface area (Å²) >= 11 is 0. The van der Waals surface area contributed by atoms with Crippen molar-refractivity contribution in [1.29, 1.82) is 0 Å². The van der Waals surface area contributed by atoms with Gasteiger partial charge in [0.15, 0.2) is 0 Å². The summed E-state index contributed by atoms with van der Waals surface area (Å²) in [4.78, 5) is 14.8. The van der Waals surface area contributed by atoms with Gasteiger partial charge in [0.2, 0.25) is 10.0 Å². The second kappa shape index (κ2) is 9.13. The highest BCUT2D eigenvalue weighted by atomic mass is 32.2. The van der Waals surface area contributed by atoms with Gasteiger partial charge in [-0.15, -0.1) is 0 Å². The first-order valence-corrected chi connectivity index (χ1v) is 11.8. The van der Waals surface area contributed by atoms with Crippen LogP contribution in [0.15, 0.2) is 76.4 Å². The third kappa shape index (κ3) is 4.92. The molecule has 7 nitrogen and oxygen atoms in total. The predicted molar refractivity (Wildman–Crippen MR) is 120 cm³/mol. The van der Waals surface area contributed by atoms with E-state index < -0.39 is 10.0 Å². The molecule has 162 valence electrons. The maximum atomic E-state index is 12.9. The van der Waals surface area contributed by atoms with Crippen LogP contribution >= 0.6 is 0 Å². The summed E-state index contributed by atoms with van der Waals surface area (Å²) in [6, 6.07) is 20.0. The first kappa shape index (κ1) is 21.4. The first-order valence-electron chi connectivity index (χ1n) is 10.4. The Hall–Kier alpha value is -2.81. The monoisotopic (exact) mass is 438 g/mol. The molecule has 31 heavy (non-hydrogen) atoms. The Balaban J connectivity index is 1.37. The topological polar surface area (TPSA) is 75.5 Å². The van der Waals surface area contributed by atoms with Crippen molar-refractivity contribution in [1.82, 2.24) is 19.0 Å². The third-order valence-electron chi connectivity index (χ3n) is 5.52. The summed E-state index contributed by atoms with van der Waals surface area (Å²) in [5.41, 5.74) is 2.51. The van der Waals surface area contributed by atoms with Gasteiger partial charge in [-0.05, 0) is 30.7 Å². The zero-order valence-corrected chi connectivity index (χ0v) is 18.3. The molecule has 0 amide bonds. The molecule has 0 bridgehead atoms. The van der Waals surface area contributed by atoms with E-state index in [4.69, 9.17) is 0 Å². The lowest BCUT2D eigenvalue weighted by Crippen LogP contribution is -2.49. The third-order valence-corrected chi connectivity index (χ3v) is 7.42. The van der Waals surface area contributed by atoms with Crippen LogP contribution in [0.5, 0.6) is 0 Å². The fourth-order valence-electron chi connectivity index (χ4n) is 3.73. The van der Waals surface area contributed by atoms with Crippen LogP contribution in [0.2, 0.25) is 0 Å². The van der Waals surface area contributed by atoms with Crippen LogP contribution in [-0.2, 0) is 16.6 Å². The number of hydrogen-bond acceptors (Lipinski definition) is 5. The number of aryl methyl sites for hydroxylation is 1. The quantitative estimate of drug-likeness (QED) is 0.590. The van der Waals surface area contributed by atoms with E-state index in [0.717, 1.165) is 16.8 Å². The molecule has 0 N–H and O–H groups in total. The number of aromatic nitrogens is 2. The van der Waals surface area contributed by atoms with E-state index in [9.17, 15) is 13.2 Å². The fourth-order valence-corrected chi connectivity index (χ4v) is 5.25. The zero-order valence-electron chi connectivity index (χ0n) is 17.5. The SMILES string of the molecule is Cc1cccc(S(=O)(=O)N2CCN(CCn3nc(-c4ccccc4)ccc3=O)CC2)c1. The summed E-state index contributed by atoms with van der Waals surface area (Å²) in [5.74, 6) is 0. The number of sulfonamides is 1. The Labute approximate surface area is 182 Å². The van der Waals surface area contributed by atoms with Gasteiger partial charge in [-0.3, -0.25) is 9.69 Å². The average molecular weight is 439 g/mol. The molecule has 2 heterocycles. The molecular formula is C23H26N4O3S. The van der Waals surface area contributed by atoms with Crippen LogP contribution in [0.1, 0.15) is 5.56 Å². The molecule has 2 aromatic carbocycles. The molecule has 1 aliphatic heterocycles. The van der Waals surface area contributed by atoms with Gasteiger partial charge in [-0.1, -0.05) is 42.5 Å². The summed E-state index contributed by atoms with van der Waals surface area (Å²) in [6.07, 6.45) is 0. The molecule has 1 fully saturated rings. The lowest BCUT2D eigenvalue weighted by Gasteiger charge is -2.34. The number of benzene rings is 2. The molecule has 8 heteroatoms. The second-order valence-electron chi connectivity index (χ2n) is 7.71. The minimum absolute atomic E-state index is 0.139. The Kier molecular flexibility index (Phi) is 6.31. The summed E-state index contributed by atoms with van der Waals surface area (Å²) in [6.45, 7) is 5.11. The highest BCUT2D eigenvalue weighted by Crippen LogP contribution is 2.19. The van der Waals surface area contributed by atoms with Crippen molar-refractivity contribution in [3.63, 3.8) is 0 Å². The highest BCUT2D eigenvalue weighted by Gasteiger charge is 2.28. The van der Waals surface area contributed by atoms with Gasteiger partial charge < -0.3 is 0 Å². The molecule has 0 atom stereocenters. The molecule has 1 aromatic heterocycles. The standard InChI is InChI=1S/C23H26N4O3S/c1-19-6-5-9-21(18-19)31(29,30)26-15-12-25(13-16-26)14-17-27-23(28)11-10-22(24-27)20-7-3-2-4-8-20/h2-11,18H,12-17H2,1H3. The molecular weight excluding hydrogens is 412 g/mol. The molecule has 3 aromatic rings. The van der Waals surface area contributed by atoms with Gasteiger partial charge in [0.1, 0.15) is 0 Å². The van der Waals surface area contributed by atoms with Crippen molar-refractivity contribution in [3.05, 3.63) is 82.6 Å². The van der Waals surface area contributed by atoms with E-state index in [0.29, 0.717) is 44.2 Å². The van der Waals surface area contributed by atoms with E-state index in [2.05, 4.69) is 10.00 Å². The Morgan fingerprint density at radius 3 is 2.32 bits per heavy atom. The van der Waals surface area contributed by atoms with E-state index in [1.807, 2.05) is 43.3 Å². The number of piperazine rings is 1. The number of nitrogens with zero attached hydrogens (tertiary/aromatic N) is 4. The lowest BCUT2D eigenvalue weighted by molar-refractivity contribution is 0.180. The van der Waals surface area contributed by atoms with E-state index in [1.54, 1.807) is 34.6 Å². The largest absolute Gasteiger partial charge is 0.299 e. The second-order valence-corrected chi connectivity index (χ2v) is 9.65. The Morgan fingerprint density at radius 2 is 1.61 bits per heavy atom. The zero-order chi connectivity index (χ0) is 21.8. The molecule has 0 spiro atoms. The van der Waals surface area contributed by atoms with Gasteiger partial charge in [0, 0.05) is 44.4 Å². The predicted octanol–water partition coefficient (Wildman–Crippen LogP) is 2.23. The minimum atomic E-state index is -3.48. The van der Waals surface area contributed by atoms with Gasteiger partial charge >= 0.3 is 0 Å². The fraction of sp³-hybridized carbons (Fsp3) is 0.304.